The molecule has 2 heterocycles. The van der Waals surface area contributed by atoms with E-state index in [-0.39, 0.29) is 24.9 Å². The molecule has 0 saturated carbocycles. The summed E-state index contributed by atoms with van der Waals surface area (Å²) in [6.45, 7) is 4.73. The number of aliphatic carboxylic acids is 1. The van der Waals surface area contributed by atoms with Gasteiger partial charge in [-0.05, 0) is 51.2 Å². The molecular weight excluding hydrogens is 368 g/mol. The fourth-order valence-corrected chi connectivity index (χ4v) is 5.77. The highest BCUT2D eigenvalue weighted by atomic mass is 32.2. The van der Waals surface area contributed by atoms with Crippen LogP contribution in [0, 0.1) is 19.8 Å². The van der Waals surface area contributed by atoms with Crippen LogP contribution in [0.25, 0.3) is 0 Å². The van der Waals surface area contributed by atoms with Crippen molar-refractivity contribution in [2.45, 2.75) is 50.5 Å². The van der Waals surface area contributed by atoms with Crippen molar-refractivity contribution in [3.05, 3.63) is 29.3 Å². The number of amides is 1. The zero-order valence-electron chi connectivity index (χ0n) is 15.7. The number of carboxylic acid groups (broad SMARTS) is 1. The summed E-state index contributed by atoms with van der Waals surface area (Å²) in [7, 11) is -3.59. The van der Waals surface area contributed by atoms with E-state index in [9.17, 15) is 23.1 Å². The third-order valence-electron chi connectivity index (χ3n) is 5.57. The van der Waals surface area contributed by atoms with Crippen molar-refractivity contribution >= 4 is 21.9 Å². The van der Waals surface area contributed by atoms with Crippen LogP contribution in [0.15, 0.2) is 23.1 Å². The third-order valence-corrected chi connectivity index (χ3v) is 7.63. The Hall–Kier alpha value is -1.93. The van der Waals surface area contributed by atoms with Crippen molar-refractivity contribution in [2.24, 2.45) is 5.92 Å². The van der Waals surface area contributed by atoms with Gasteiger partial charge in [-0.2, -0.15) is 4.31 Å². The monoisotopic (exact) mass is 394 g/mol. The lowest BCUT2D eigenvalue weighted by Gasteiger charge is -2.33. The summed E-state index contributed by atoms with van der Waals surface area (Å²) in [5, 5.41) is 9.27. The number of hydrogen-bond acceptors (Lipinski definition) is 4. The second kappa shape index (κ2) is 7.59. The van der Waals surface area contributed by atoms with E-state index in [2.05, 4.69) is 0 Å². The van der Waals surface area contributed by atoms with Crippen LogP contribution in [-0.4, -0.2) is 60.3 Å². The number of carbonyl (C=O) groups excluding carboxylic acids is 1. The summed E-state index contributed by atoms with van der Waals surface area (Å²) in [6, 6.07) is 4.53. The van der Waals surface area contributed by atoms with Gasteiger partial charge in [0.1, 0.15) is 6.04 Å². The standard InChI is InChI=1S/C19H26N2O5S/c1-13-5-6-17(14(2)12-13)27(25,26)20-10-7-15(8-11-20)18(22)21-9-3-4-16(21)19(23)24/h5-6,12,15-16H,3-4,7-11H2,1-2H3,(H,23,24). The first-order valence-electron chi connectivity index (χ1n) is 9.32. The smallest absolute Gasteiger partial charge is 0.326 e. The number of aryl methyl sites for hydroxylation is 2. The van der Waals surface area contributed by atoms with E-state index in [0.717, 1.165) is 11.1 Å². The maximum absolute atomic E-state index is 12.9. The Morgan fingerprint density at radius 2 is 1.74 bits per heavy atom. The van der Waals surface area contributed by atoms with Crippen molar-refractivity contribution in [1.29, 1.82) is 0 Å². The Labute approximate surface area is 160 Å². The van der Waals surface area contributed by atoms with Gasteiger partial charge in [-0.1, -0.05) is 17.7 Å². The summed E-state index contributed by atoms with van der Waals surface area (Å²) >= 11 is 0. The minimum Gasteiger partial charge on any atom is -0.480 e. The molecule has 2 fully saturated rings. The Kier molecular flexibility index (Phi) is 5.58. The topological polar surface area (TPSA) is 95.0 Å². The van der Waals surface area contributed by atoms with Crippen molar-refractivity contribution < 1.29 is 23.1 Å². The average molecular weight is 394 g/mol. The van der Waals surface area contributed by atoms with Gasteiger partial charge in [-0.25, -0.2) is 13.2 Å². The normalized spacial score (nSPS) is 22.1. The molecule has 2 saturated heterocycles. The lowest BCUT2D eigenvalue weighted by atomic mass is 9.96. The van der Waals surface area contributed by atoms with E-state index < -0.39 is 22.0 Å². The number of sulfonamides is 1. The van der Waals surface area contributed by atoms with E-state index in [1.165, 1.54) is 9.21 Å². The molecule has 7 nitrogen and oxygen atoms in total. The zero-order valence-corrected chi connectivity index (χ0v) is 16.5. The molecule has 1 aromatic carbocycles. The number of likely N-dealkylation sites (tertiary alicyclic amines) is 1. The summed E-state index contributed by atoms with van der Waals surface area (Å²) < 4.78 is 27.3. The molecule has 2 aliphatic rings. The third kappa shape index (κ3) is 3.87. The zero-order chi connectivity index (χ0) is 19.8. The van der Waals surface area contributed by atoms with E-state index in [4.69, 9.17) is 0 Å². The predicted molar refractivity (Wildman–Crippen MR) is 99.8 cm³/mol. The molecule has 0 radical (unpaired) electrons. The average Bonchev–Trinajstić information content (AvgIpc) is 3.11. The van der Waals surface area contributed by atoms with Crippen LogP contribution in [0.5, 0.6) is 0 Å². The summed E-state index contributed by atoms with van der Waals surface area (Å²) in [6.07, 6.45) is 2.03. The lowest BCUT2D eigenvalue weighted by molar-refractivity contribution is -0.150. The maximum atomic E-state index is 12.9. The molecule has 0 aromatic heterocycles. The SMILES string of the molecule is Cc1ccc(S(=O)(=O)N2CCC(C(=O)N3CCCC3C(=O)O)CC2)c(C)c1. The number of hydrogen-bond donors (Lipinski definition) is 1. The number of nitrogens with zero attached hydrogens (tertiary/aromatic N) is 2. The molecular formula is C19H26N2O5S. The lowest BCUT2D eigenvalue weighted by Crippen LogP contribution is -2.47. The van der Waals surface area contributed by atoms with Crippen LogP contribution in [0.1, 0.15) is 36.8 Å². The van der Waals surface area contributed by atoms with Gasteiger partial charge in [0, 0.05) is 25.6 Å². The second-order valence-corrected chi connectivity index (χ2v) is 9.38. The minimum atomic E-state index is -3.59. The van der Waals surface area contributed by atoms with Gasteiger partial charge in [0.15, 0.2) is 0 Å². The van der Waals surface area contributed by atoms with Gasteiger partial charge in [-0.3, -0.25) is 4.79 Å². The molecule has 3 rings (SSSR count). The van der Waals surface area contributed by atoms with Crippen LogP contribution in [0.2, 0.25) is 0 Å². The first-order chi connectivity index (χ1) is 12.7. The molecule has 0 aliphatic carbocycles. The molecule has 1 atom stereocenters. The summed E-state index contributed by atoms with van der Waals surface area (Å²) in [5.74, 6) is -1.42. The summed E-state index contributed by atoms with van der Waals surface area (Å²) in [5.41, 5.74) is 1.73. The van der Waals surface area contributed by atoms with Gasteiger partial charge >= 0.3 is 5.97 Å². The van der Waals surface area contributed by atoms with Gasteiger partial charge in [0.2, 0.25) is 15.9 Å². The van der Waals surface area contributed by atoms with Crippen molar-refractivity contribution in [3.8, 4) is 0 Å². The minimum absolute atomic E-state index is 0.150. The molecule has 0 spiro atoms. The van der Waals surface area contributed by atoms with Gasteiger partial charge < -0.3 is 10.0 Å². The molecule has 27 heavy (non-hydrogen) atoms. The van der Waals surface area contributed by atoms with E-state index in [1.54, 1.807) is 19.1 Å². The highest BCUT2D eigenvalue weighted by molar-refractivity contribution is 7.89. The fraction of sp³-hybridized carbons (Fsp3) is 0.579. The number of piperidine rings is 1. The highest BCUT2D eigenvalue weighted by Crippen LogP contribution is 2.29. The number of rotatable bonds is 4. The van der Waals surface area contributed by atoms with Crippen LogP contribution in [0.3, 0.4) is 0 Å². The highest BCUT2D eigenvalue weighted by Gasteiger charge is 2.39. The largest absolute Gasteiger partial charge is 0.480 e. The van der Waals surface area contributed by atoms with Crippen molar-refractivity contribution in [2.75, 3.05) is 19.6 Å². The van der Waals surface area contributed by atoms with E-state index in [0.29, 0.717) is 37.1 Å². The number of benzene rings is 1. The molecule has 1 aromatic rings. The van der Waals surface area contributed by atoms with E-state index >= 15 is 0 Å². The van der Waals surface area contributed by atoms with Crippen LogP contribution in [0.4, 0.5) is 0 Å². The molecule has 148 valence electrons. The fourth-order valence-electron chi connectivity index (χ4n) is 4.09. The Bertz CT molecular complexity index is 844. The van der Waals surface area contributed by atoms with Crippen molar-refractivity contribution in [3.63, 3.8) is 0 Å². The Balaban J connectivity index is 1.68. The first kappa shape index (κ1) is 19.8. The number of carboxylic acids is 1. The first-order valence-corrected chi connectivity index (χ1v) is 10.8. The van der Waals surface area contributed by atoms with Gasteiger partial charge in [0.25, 0.3) is 0 Å². The Morgan fingerprint density at radius 1 is 1.07 bits per heavy atom. The van der Waals surface area contributed by atoms with Crippen molar-refractivity contribution in [1.82, 2.24) is 9.21 Å². The summed E-state index contributed by atoms with van der Waals surface area (Å²) in [4.78, 5) is 25.8. The van der Waals surface area contributed by atoms with Gasteiger partial charge in [-0.15, -0.1) is 0 Å². The van der Waals surface area contributed by atoms with E-state index in [1.807, 2.05) is 13.0 Å². The molecule has 1 N–H and O–H groups in total. The second-order valence-electron chi connectivity index (χ2n) is 7.48. The van der Waals surface area contributed by atoms with Crippen LogP contribution in [-0.2, 0) is 19.6 Å². The molecule has 8 heteroatoms. The maximum Gasteiger partial charge on any atom is 0.326 e. The molecule has 1 amide bonds. The van der Waals surface area contributed by atoms with Crippen LogP contribution < -0.4 is 0 Å². The quantitative estimate of drug-likeness (QED) is 0.840. The van der Waals surface area contributed by atoms with Gasteiger partial charge in [0.05, 0.1) is 4.90 Å². The van der Waals surface area contributed by atoms with Crippen LogP contribution >= 0.6 is 0 Å². The molecule has 1 unspecified atom stereocenters. The number of carbonyl (C=O) groups is 2. The molecule has 0 bridgehead atoms. The molecule has 2 aliphatic heterocycles. The predicted octanol–water partition coefficient (Wildman–Crippen LogP) is 1.78. The Morgan fingerprint density at radius 3 is 2.33 bits per heavy atom.